The summed E-state index contributed by atoms with van der Waals surface area (Å²) >= 11 is 0. The van der Waals surface area contributed by atoms with Crippen molar-refractivity contribution in [1.29, 1.82) is 0 Å². The number of ketones is 2. The predicted molar refractivity (Wildman–Crippen MR) is 471 cm³/mol. The van der Waals surface area contributed by atoms with E-state index in [-0.39, 0.29) is 43.5 Å². The van der Waals surface area contributed by atoms with Crippen molar-refractivity contribution in [1.82, 2.24) is 0 Å². The monoisotopic (exact) mass is 2560 g/mol. The van der Waals surface area contributed by atoms with Crippen molar-refractivity contribution >= 4 is 207 Å². The van der Waals surface area contributed by atoms with Crippen molar-refractivity contribution in [2.45, 2.75) is 60.8 Å². The molecule has 0 aliphatic carbocycles. The van der Waals surface area contributed by atoms with Gasteiger partial charge >= 0.3 is 127 Å². The Morgan fingerprint density at radius 3 is 0.674 bits per heavy atom. The van der Waals surface area contributed by atoms with Gasteiger partial charge < -0.3 is 98.0 Å². The second-order valence-corrected chi connectivity index (χ2v) is 88.1. The van der Waals surface area contributed by atoms with E-state index in [0.29, 0.717) is 33.3 Å². The minimum atomic E-state index is -7.00. The van der Waals surface area contributed by atoms with Crippen LogP contribution in [0.4, 0.5) is 85.9 Å². The van der Waals surface area contributed by atoms with Gasteiger partial charge in [-0.3, -0.25) is 105 Å². The molecule has 0 saturated carbocycles. The van der Waals surface area contributed by atoms with Gasteiger partial charge in [0.05, 0.1) is 19.1 Å². The fourth-order valence-corrected chi connectivity index (χ4v) is 44.0. The molecule has 0 radical (unpaired) electrons. The molecule has 0 fully saturated rings. The van der Waals surface area contributed by atoms with Crippen LogP contribution in [0, 0.1) is 0 Å². The maximum absolute atomic E-state index is 13.2. The first-order valence-corrected chi connectivity index (χ1v) is 84.6. The molecule has 0 rings (SSSR count). The summed E-state index contributed by atoms with van der Waals surface area (Å²) in [4.78, 5) is 157. The molecule has 832 valence electrons. The second-order valence-electron chi connectivity index (χ2n) is 28.1. The van der Waals surface area contributed by atoms with Crippen molar-refractivity contribution in [3.8, 4) is 0 Å². The fraction of sp³-hybridized carbons (Fsp3) is 0.949. The van der Waals surface area contributed by atoms with Gasteiger partial charge in [-0.1, -0.05) is 0 Å². The van der Waals surface area contributed by atoms with Crippen LogP contribution < -0.4 is 5.73 Å². The third-order valence-electron chi connectivity index (χ3n) is 8.67. The van der Waals surface area contributed by atoms with Crippen molar-refractivity contribution in [3.05, 3.63) is 0 Å². The van der Waals surface area contributed by atoms with E-state index in [0.717, 1.165) is 46.7 Å². The molecule has 0 aromatic heterocycles. The van der Waals surface area contributed by atoms with E-state index in [4.69, 9.17) is 97.8 Å². The summed E-state index contributed by atoms with van der Waals surface area (Å²) in [5, 5.41) is -24.4. The third-order valence-corrected chi connectivity index (χ3v) is 56.1. The molecular weight excluding hydrogens is 2450 g/mol. The lowest BCUT2D eigenvalue weighted by Gasteiger charge is -2.26. The van der Waals surface area contributed by atoms with Crippen LogP contribution in [0.3, 0.4) is 0 Å². The second kappa shape index (κ2) is 60.8. The number of carbonyl (C=O) groups is 2. The maximum atomic E-state index is 13.2. The van der Waals surface area contributed by atoms with Gasteiger partial charge in [0.15, 0.2) is 19.7 Å². The van der Waals surface area contributed by atoms with Gasteiger partial charge in [-0.15, -0.1) is 0 Å². The van der Waals surface area contributed by atoms with Gasteiger partial charge in [-0.2, -0.15) is 90.8 Å². The van der Waals surface area contributed by atoms with Gasteiger partial charge in [0.1, 0.15) is 29.3 Å². The Kier molecular flexibility index (Phi) is 75.9. The van der Waals surface area contributed by atoms with Crippen molar-refractivity contribution in [2.24, 2.45) is 5.73 Å². The number of carbonyl (C=O) groups excluding carboxylic acids is 2. The van der Waals surface area contributed by atoms with E-state index in [1.54, 1.807) is 6.92 Å². The smallest absolute Gasteiger partial charge is 0.344 e. The largest absolute Gasteiger partial charge is 0.502 e. The zero-order valence-electron chi connectivity index (χ0n) is 74.0. The minimum Gasteiger partial charge on any atom is -0.344 e. The first-order valence-electron chi connectivity index (χ1n) is 31.5. The normalized spacial score (nSPS) is 20.6. The molecule has 135 heavy (non-hydrogen) atoms. The highest BCUT2D eigenvalue weighted by atomic mass is 31.3. The molecule has 20 unspecified atom stereocenters. The van der Waals surface area contributed by atoms with Crippen molar-refractivity contribution < 1.29 is 315 Å². The number of hydrogen-bond donors (Lipinski definition) is 18. The molecule has 0 aromatic carbocycles. The lowest BCUT2D eigenvalue weighted by Crippen LogP contribution is -2.23. The number of halogens is 20. The lowest BCUT2D eigenvalue weighted by molar-refractivity contribution is -0.118. The average Bonchev–Trinajstić information content (AvgIpc) is 0.800. The summed E-state index contributed by atoms with van der Waals surface area (Å²) in [6.07, 6.45) is 0. The highest BCUT2D eigenvalue weighted by Crippen LogP contribution is 2.83. The van der Waals surface area contributed by atoms with Crippen LogP contribution in [0.15, 0.2) is 0 Å². The maximum Gasteiger partial charge on any atom is 0.502 e. The number of Topliss-reactive ketones (excluding diaryl/α,β-unsaturated/α-hetero) is 2. The molecule has 0 heterocycles. The molecule has 0 aliphatic rings. The highest BCUT2D eigenvalue weighted by molar-refractivity contribution is 7.82. The lowest BCUT2D eigenvalue weighted by atomic mass is 10.3. The minimum absolute atomic E-state index is 0.0319. The number of alkyl halides is 10. The summed E-state index contributed by atoms with van der Waals surface area (Å²) in [5.41, 5.74) is 5.09. The summed E-state index contributed by atoms with van der Waals surface area (Å²) in [6, 6.07) is -0.287. The van der Waals surface area contributed by atoms with E-state index >= 15 is 0 Å². The summed E-state index contributed by atoms with van der Waals surface area (Å²) in [6.45, 7) is 24.3. The van der Waals surface area contributed by atoms with Crippen molar-refractivity contribution in [2.75, 3.05) is 176 Å². The zero-order valence-corrected chi connectivity index (χ0v) is 97.3. The zero-order chi connectivity index (χ0) is 116. The molecule has 0 bridgehead atoms. The molecule has 96 heteroatoms. The fourth-order valence-electron chi connectivity index (χ4n) is 4.71. The topological polar surface area (TPSA) is 885 Å². The van der Waals surface area contributed by atoms with E-state index in [2.05, 4.69) is 12.9 Å². The molecule has 20 atom stereocenters. The van der Waals surface area contributed by atoms with Crippen LogP contribution in [-0.4, -0.2) is 304 Å². The van der Waals surface area contributed by atoms with Gasteiger partial charge in [0.25, 0.3) is 36.9 Å². The quantitative estimate of drug-likeness (QED) is 0.0244. The average molecular weight is 2560 g/mol. The van der Waals surface area contributed by atoms with Crippen LogP contribution in [0.2, 0.25) is 0 Å². The van der Waals surface area contributed by atoms with Gasteiger partial charge in [0, 0.05) is 113 Å². The van der Waals surface area contributed by atoms with Crippen molar-refractivity contribution in [3.63, 3.8) is 0 Å². The summed E-state index contributed by atoms with van der Waals surface area (Å²) in [7, 11) is -117. The third kappa shape index (κ3) is 109. The van der Waals surface area contributed by atoms with Crippen LogP contribution in [0.1, 0.15) is 27.7 Å². The molecule has 0 aliphatic heterocycles. The number of hydrogen-bond acceptors (Lipinski definition) is 33. The van der Waals surface area contributed by atoms with Gasteiger partial charge in [0.2, 0.25) is 44.2 Å². The molecule has 0 saturated heterocycles. The first kappa shape index (κ1) is 168. The van der Waals surface area contributed by atoms with E-state index in [1.165, 1.54) is 67.4 Å². The molecule has 0 aromatic rings. The van der Waals surface area contributed by atoms with Gasteiger partial charge in [-0.25, -0.2) is 22.3 Å². The number of rotatable bonds is 29. The molecular formula is C39H108F20NO49P26+. The molecule has 50 nitrogen and oxygen atoms in total. The van der Waals surface area contributed by atoms with E-state index in [9.17, 15) is 210 Å². The van der Waals surface area contributed by atoms with E-state index in [1.807, 2.05) is 0 Å². The Morgan fingerprint density at radius 2 is 0.585 bits per heavy atom. The van der Waals surface area contributed by atoms with Crippen LogP contribution in [0.5, 0.6) is 0 Å². The highest BCUT2D eigenvalue weighted by Gasteiger charge is 2.70. The number of nitrogens with two attached hydrogens (primary N) is 1. The standard InChI is InChI=1S/C5H13F2O5P3.C5H15O5P3.C4H10F2O3P2.C4H9NO.C4H12O3P2.C3H6O.C2H4F5O5P3.C2H4F4O3P2.C2H6F3O5P3.C2H6F2O5P2.C2H6F2O3P2.C2H8O5P2.CH5O3P.CH3O2P/c1-13(2,8)12-15(4,11)5(6,7)14(3,9)10;1-11(2,6)10-13(4,9)5-12(3,7)8;1-10(2,7)4(5,6)11(3,8)9;1-3(5)4(2)6;1-8(2,5)4-9(3,6)7;1-3(2)4;1-13(5,8)12-15(7,11)2(3,4)14(6,9)10;1-10(5,7)2(3,4)11(6,8)9;1-11(3,6)10-13(5,9)2-12(4,7)8;1-10(5,6)2(3,4)11(7,8)9;1-8(3,5)2-9(4,6)7;1-8(3,4)2-9(5,6)7;1-5(2,3)4;1-4(2)3/h1-4H3,(H,9,10);5H2,1-4H3,(H,7,8);1-3H3,(H,8,9);3H,5H2,1-2H3;4H2,1-3H3,(H,6,7);1-2H3;1H3,(H,9,10);1H3,(H,8,9);2H2,1H3,(H,7,8);1H3,(H,5,6)(H2,7,8,9);2H2,1H3,(H,6,7);2H2,1H3,(H,3,4)(H2,5,6,7);1H3,(H2,2,3,4);1H3/p+1. The Balaban J connectivity index is -0.0000000986. The van der Waals surface area contributed by atoms with Crippen LogP contribution in [-0.2, 0) is 146 Å². The predicted octanol–water partition coefficient (Wildman–Crippen LogP) is 21.3. The Bertz CT molecular complexity index is 4510. The Morgan fingerprint density at radius 1 is 0.356 bits per heavy atom. The summed E-state index contributed by atoms with van der Waals surface area (Å²) in [5.74, 6) is -4.57. The first-order chi connectivity index (χ1) is 56.0. The Hall–Kier alpha value is 2.91. The Labute approximate surface area is 760 Å². The van der Waals surface area contributed by atoms with Crippen LogP contribution in [0.25, 0.3) is 0 Å². The molecule has 0 amide bonds. The molecule has 19 N–H and O–H groups in total. The van der Waals surface area contributed by atoms with Crippen LogP contribution >= 0.6 is 195 Å². The SMILES string of the molecule is CC(=O)C(C)N.CC(C)=O.CP(=O)(F)C(F)(F)P(=O)(O)F.CP(=O)(F)CP(=O)(O)F.CP(=O)(F)OP(=O)(F)C(F)(F)P(=O)(O)F.CP(=O)(F)OP(=O)(F)CP(=O)(O)F.CP(=O)(O)C(F)(F)P(=O)(O)O.CP(=O)(O)CP(=O)(O)O.CP(=O)(O)CP(C)(=O)OP(C)(C)=O.CP(=O)(O)O.CP(C)(=O)C(F)(F)P(C)(=O)O.CP(C)(=O)CP(C)(=O)O.CP(C)(=O)OP(C)(=O)C(F)(F)P(C)(=O)O.C[P+](=O)O. The van der Waals surface area contributed by atoms with E-state index < -0.39 is 246 Å². The summed E-state index contributed by atoms with van der Waals surface area (Å²) < 4.78 is 528. The van der Waals surface area contributed by atoms with Gasteiger partial charge in [-0.05, 0) is 58.9 Å². The molecule has 0 spiro atoms.